The molecule has 29 heavy (non-hydrogen) atoms. The first kappa shape index (κ1) is 18.0. The minimum atomic E-state index is -0.0526. The SMILES string of the molecule is Cc1ccc(Nc2nc3nonc3nc2N/N=C/c2cc(N=O)ccc2O)cc1. The minimum Gasteiger partial charge on any atom is -0.507 e. The number of hydrogen-bond acceptors (Lipinski definition) is 11. The highest BCUT2D eigenvalue weighted by molar-refractivity contribution is 5.86. The van der Waals surface area contributed by atoms with E-state index in [-0.39, 0.29) is 28.5 Å². The number of rotatable bonds is 6. The molecule has 144 valence electrons. The first-order valence-corrected chi connectivity index (χ1v) is 8.42. The van der Waals surface area contributed by atoms with Crippen LogP contribution in [0, 0.1) is 11.8 Å². The van der Waals surface area contributed by atoms with Crippen LogP contribution < -0.4 is 10.7 Å². The highest BCUT2D eigenvalue weighted by Gasteiger charge is 2.13. The maximum atomic E-state index is 10.7. The Hall–Kier alpha value is -4.41. The predicted octanol–water partition coefficient (Wildman–Crippen LogP) is 3.61. The Morgan fingerprint density at radius 2 is 1.76 bits per heavy atom. The Morgan fingerprint density at radius 1 is 1.03 bits per heavy atom. The molecule has 11 heteroatoms. The Kier molecular flexibility index (Phi) is 4.76. The van der Waals surface area contributed by atoms with E-state index in [0.717, 1.165) is 11.3 Å². The quantitative estimate of drug-likeness (QED) is 0.255. The number of nitrogens with zero attached hydrogens (tertiary/aromatic N) is 6. The number of fused-ring (bicyclic) bond motifs is 1. The van der Waals surface area contributed by atoms with Gasteiger partial charge in [0.2, 0.25) is 11.3 Å². The summed E-state index contributed by atoms with van der Waals surface area (Å²) in [5.41, 5.74) is 5.56. The second kappa shape index (κ2) is 7.68. The van der Waals surface area contributed by atoms with Crippen LogP contribution in [-0.4, -0.2) is 31.6 Å². The van der Waals surface area contributed by atoms with Crippen LogP contribution in [-0.2, 0) is 0 Å². The van der Waals surface area contributed by atoms with Crippen molar-refractivity contribution in [1.82, 2.24) is 20.3 Å². The number of hydrazone groups is 1. The number of benzene rings is 2. The maximum absolute atomic E-state index is 10.7. The third-order valence-corrected chi connectivity index (χ3v) is 3.92. The molecule has 2 aromatic carbocycles. The fraction of sp³-hybridized carbons (Fsp3) is 0.0556. The van der Waals surface area contributed by atoms with Crippen LogP contribution in [0.4, 0.5) is 23.0 Å². The average molecular weight is 390 g/mol. The number of phenols is 1. The molecule has 0 aliphatic rings. The van der Waals surface area contributed by atoms with Crippen molar-refractivity contribution in [3.05, 3.63) is 58.5 Å². The lowest BCUT2D eigenvalue weighted by Gasteiger charge is -2.09. The molecule has 0 bridgehead atoms. The van der Waals surface area contributed by atoms with Crippen LogP contribution in [0.5, 0.6) is 5.75 Å². The molecule has 0 saturated carbocycles. The second-order valence-electron chi connectivity index (χ2n) is 6.03. The summed E-state index contributed by atoms with van der Waals surface area (Å²) in [5, 5.41) is 27.3. The number of aromatic nitrogens is 4. The van der Waals surface area contributed by atoms with Gasteiger partial charge in [-0.3, -0.25) is 5.43 Å². The van der Waals surface area contributed by atoms with Gasteiger partial charge in [0.05, 0.1) is 6.21 Å². The number of phenolic OH excluding ortho intramolecular Hbond substituents is 1. The van der Waals surface area contributed by atoms with Crippen LogP contribution in [0.15, 0.2) is 57.4 Å². The van der Waals surface area contributed by atoms with E-state index in [2.05, 4.69) is 45.9 Å². The van der Waals surface area contributed by atoms with E-state index in [4.69, 9.17) is 0 Å². The molecule has 4 aromatic rings. The van der Waals surface area contributed by atoms with Gasteiger partial charge in [0.15, 0.2) is 11.6 Å². The van der Waals surface area contributed by atoms with Crippen molar-refractivity contribution in [3.63, 3.8) is 0 Å². The van der Waals surface area contributed by atoms with Crippen LogP contribution in [0.3, 0.4) is 0 Å². The van der Waals surface area contributed by atoms with E-state index in [1.165, 1.54) is 24.4 Å². The molecule has 0 atom stereocenters. The van der Waals surface area contributed by atoms with Crippen molar-refractivity contribution in [3.8, 4) is 5.75 Å². The summed E-state index contributed by atoms with van der Waals surface area (Å²) in [6.07, 6.45) is 1.33. The van der Waals surface area contributed by atoms with Crippen molar-refractivity contribution in [1.29, 1.82) is 0 Å². The number of aromatic hydroxyl groups is 1. The molecule has 0 amide bonds. The third kappa shape index (κ3) is 3.98. The molecule has 0 fully saturated rings. The van der Waals surface area contributed by atoms with Crippen molar-refractivity contribution in [2.75, 3.05) is 10.7 Å². The topological polar surface area (TPSA) is 151 Å². The molecule has 0 saturated heterocycles. The van der Waals surface area contributed by atoms with Gasteiger partial charge in [-0.05, 0) is 52.7 Å². The molecular weight excluding hydrogens is 376 g/mol. The number of nitrogens with one attached hydrogen (secondary N) is 2. The smallest absolute Gasteiger partial charge is 0.245 e. The van der Waals surface area contributed by atoms with Gasteiger partial charge in [0.25, 0.3) is 0 Å². The zero-order valence-electron chi connectivity index (χ0n) is 15.1. The highest BCUT2D eigenvalue weighted by Crippen LogP contribution is 2.25. The second-order valence-corrected chi connectivity index (χ2v) is 6.03. The van der Waals surface area contributed by atoms with Gasteiger partial charge in [-0.25, -0.2) is 9.61 Å². The molecule has 4 rings (SSSR count). The third-order valence-electron chi connectivity index (χ3n) is 3.92. The summed E-state index contributed by atoms with van der Waals surface area (Å²) in [4.78, 5) is 19.3. The molecule has 2 aromatic heterocycles. The van der Waals surface area contributed by atoms with Crippen LogP contribution in [0.2, 0.25) is 0 Å². The Bertz CT molecular complexity index is 1200. The maximum Gasteiger partial charge on any atom is 0.245 e. The minimum absolute atomic E-state index is 0.0526. The summed E-state index contributed by atoms with van der Waals surface area (Å²) >= 11 is 0. The number of nitroso groups, excluding NO2 is 1. The van der Waals surface area contributed by atoms with Crippen molar-refractivity contribution >= 4 is 40.5 Å². The lowest BCUT2D eigenvalue weighted by atomic mass is 10.2. The first-order chi connectivity index (χ1) is 14.1. The fourth-order valence-electron chi connectivity index (χ4n) is 2.44. The molecule has 0 unspecified atom stereocenters. The fourth-order valence-corrected chi connectivity index (χ4v) is 2.44. The molecule has 0 radical (unpaired) electrons. The lowest BCUT2D eigenvalue weighted by molar-refractivity contribution is 0.314. The van der Waals surface area contributed by atoms with E-state index in [9.17, 15) is 10.0 Å². The highest BCUT2D eigenvalue weighted by atomic mass is 16.6. The summed E-state index contributed by atoms with van der Waals surface area (Å²) in [6, 6.07) is 11.8. The van der Waals surface area contributed by atoms with E-state index in [1.54, 1.807) is 0 Å². The summed E-state index contributed by atoms with van der Waals surface area (Å²) in [6.45, 7) is 1.99. The Morgan fingerprint density at radius 3 is 2.48 bits per heavy atom. The predicted molar refractivity (Wildman–Crippen MR) is 107 cm³/mol. The lowest BCUT2D eigenvalue weighted by Crippen LogP contribution is -2.03. The van der Waals surface area contributed by atoms with Gasteiger partial charge in [-0.1, -0.05) is 17.7 Å². The molecule has 0 spiro atoms. The number of anilines is 3. The van der Waals surface area contributed by atoms with Gasteiger partial charge in [-0.2, -0.15) is 10.1 Å². The van der Waals surface area contributed by atoms with E-state index >= 15 is 0 Å². The monoisotopic (exact) mass is 390 g/mol. The molecular formula is C18H14N8O3. The van der Waals surface area contributed by atoms with E-state index in [1.807, 2.05) is 31.2 Å². The van der Waals surface area contributed by atoms with Crippen LogP contribution >= 0.6 is 0 Å². The summed E-state index contributed by atoms with van der Waals surface area (Å²) < 4.78 is 4.66. The van der Waals surface area contributed by atoms with Gasteiger partial charge in [-0.15, -0.1) is 4.91 Å². The zero-order chi connectivity index (χ0) is 20.2. The van der Waals surface area contributed by atoms with E-state index < -0.39 is 0 Å². The number of hydrogen-bond donors (Lipinski definition) is 3. The Labute approximate surface area is 163 Å². The number of aryl methyl sites for hydroxylation is 1. The van der Waals surface area contributed by atoms with Crippen molar-refractivity contribution in [2.45, 2.75) is 6.92 Å². The molecule has 0 aliphatic carbocycles. The van der Waals surface area contributed by atoms with Crippen molar-refractivity contribution < 1.29 is 9.74 Å². The standard InChI is InChI=1S/C18H14N8O3/c1-10-2-4-12(5-3-10)20-15-16(22-18-17(21-15)25-29-26-18)23-19-9-11-8-13(24-28)6-7-14(11)27/h2-9,27H,1H3,(H,20,21,25)(H,22,23,26)/b19-9+. The summed E-state index contributed by atoms with van der Waals surface area (Å²) in [5.74, 6) is 0.555. The van der Waals surface area contributed by atoms with Crippen molar-refractivity contribution in [2.24, 2.45) is 10.3 Å². The summed E-state index contributed by atoms with van der Waals surface area (Å²) in [7, 11) is 0. The molecule has 11 nitrogen and oxygen atoms in total. The molecule has 2 heterocycles. The molecule has 3 N–H and O–H groups in total. The van der Waals surface area contributed by atoms with Gasteiger partial charge in [0.1, 0.15) is 11.4 Å². The molecule has 0 aliphatic heterocycles. The largest absolute Gasteiger partial charge is 0.507 e. The van der Waals surface area contributed by atoms with Gasteiger partial charge >= 0.3 is 0 Å². The Balaban J connectivity index is 1.63. The van der Waals surface area contributed by atoms with Gasteiger partial charge < -0.3 is 10.4 Å². The van der Waals surface area contributed by atoms with Gasteiger partial charge in [0, 0.05) is 11.3 Å². The van der Waals surface area contributed by atoms with Crippen LogP contribution in [0.25, 0.3) is 11.3 Å². The average Bonchev–Trinajstić information content (AvgIpc) is 3.18. The first-order valence-electron chi connectivity index (χ1n) is 8.42. The van der Waals surface area contributed by atoms with E-state index in [0.29, 0.717) is 11.4 Å². The zero-order valence-corrected chi connectivity index (χ0v) is 15.1. The normalized spacial score (nSPS) is 11.1. The van der Waals surface area contributed by atoms with Crippen LogP contribution in [0.1, 0.15) is 11.1 Å².